The lowest BCUT2D eigenvalue weighted by atomic mass is 10.00. The van der Waals surface area contributed by atoms with E-state index in [0.717, 1.165) is 6.07 Å². The maximum Gasteiger partial charge on any atom is 0.416 e. The highest BCUT2D eigenvalue weighted by Crippen LogP contribution is 2.43. The first-order chi connectivity index (χ1) is 10.4. The standard InChI is InChI=1S/C16H14F3NOS/c1-2-5-10-11(16(17,18)19)8-9-14-15(10)20-12-6-3-4-7-13(12)22(14)21/h3-4,6-9,20H,2,5H2,1H3. The maximum atomic E-state index is 13.2. The number of alkyl halides is 3. The lowest BCUT2D eigenvalue weighted by Gasteiger charge is -2.25. The van der Waals surface area contributed by atoms with Crippen LogP contribution in [0.5, 0.6) is 0 Å². The summed E-state index contributed by atoms with van der Waals surface area (Å²) < 4.78 is 52.3. The van der Waals surface area contributed by atoms with Gasteiger partial charge < -0.3 is 5.32 Å². The largest absolute Gasteiger partial charge is 0.416 e. The molecule has 2 aromatic rings. The molecule has 0 saturated carbocycles. The molecule has 0 radical (unpaired) electrons. The molecule has 0 fully saturated rings. The summed E-state index contributed by atoms with van der Waals surface area (Å²) in [5.41, 5.74) is 0.478. The summed E-state index contributed by atoms with van der Waals surface area (Å²) in [5, 5.41) is 3.04. The Balaban J connectivity index is 2.22. The molecule has 0 saturated heterocycles. The van der Waals surface area contributed by atoms with Gasteiger partial charge in [0, 0.05) is 0 Å². The summed E-state index contributed by atoms with van der Waals surface area (Å²) in [7, 11) is -1.47. The summed E-state index contributed by atoms with van der Waals surface area (Å²) in [5.74, 6) is 0. The SMILES string of the molecule is CCCc1c(C(F)(F)F)ccc2c1Nc1ccccc1S2=O. The quantitative estimate of drug-likeness (QED) is 0.727. The molecule has 0 spiro atoms. The molecule has 1 aliphatic rings. The van der Waals surface area contributed by atoms with E-state index in [9.17, 15) is 17.4 Å². The van der Waals surface area contributed by atoms with Crippen molar-refractivity contribution in [2.24, 2.45) is 0 Å². The van der Waals surface area contributed by atoms with Gasteiger partial charge in [0.15, 0.2) is 0 Å². The number of nitrogens with one attached hydrogen (secondary N) is 1. The summed E-state index contributed by atoms with van der Waals surface area (Å²) in [6.45, 7) is 1.83. The molecule has 1 heterocycles. The second-order valence-corrected chi connectivity index (χ2v) is 6.52. The zero-order valence-electron chi connectivity index (χ0n) is 11.8. The van der Waals surface area contributed by atoms with Crippen LogP contribution < -0.4 is 5.32 Å². The van der Waals surface area contributed by atoms with Crippen molar-refractivity contribution in [2.75, 3.05) is 5.32 Å². The van der Waals surface area contributed by atoms with E-state index in [0.29, 0.717) is 27.6 Å². The Labute approximate surface area is 128 Å². The molecule has 6 heteroatoms. The van der Waals surface area contributed by atoms with E-state index in [1.54, 1.807) is 24.3 Å². The van der Waals surface area contributed by atoms with Crippen molar-refractivity contribution >= 4 is 22.2 Å². The van der Waals surface area contributed by atoms with Crippen molar-refractivity contribution in [3.63, 3.8) is 0 Å². The van der Waals surface area contributed by atoms with E-state index in [-0.39, 0.29) is 12.0 Å². The van der Waals surface area contributed by atoms with Crippen LogP contribution >= 0.6 is 0 Å². The van der Waals surface area contributed by atoms with E-state index in [1.807, 2.05) is 6.92 Å². The second kappa shape index (κ2) is 5.43. The number of fused-ring (bicyclic) bond motifs is 2. The fraction of sp³-hybridized carbons (Fsp3) is 0.250. The normalized spacial score (nSPS) is 16.6. The third-order valence-corrected chi connectivity index (χ3v) is 5.12. The maximum absolute atomic E-state index is 13.2. The smallest absolute Gasteiger partial charge is 0.353 e. The van der Waals surface area contributed by atoms with Crippen LogP contribution in [0.15, 0.2) is 46.2 Å². The molecule has 1 atom stereocenters. The number of halogens is 3. The molecule has 0 amide bonds. The third-order valence-electron chi connectivity index (χ3n) is 3.63. The molecule has 3 rings (SSSR count). The number of para-hydroxylation sites is 1. The Kier molecular flexibility index (Phi) is 3.72. The average molecular weight is 325 g/mol. The van der Waals surface area contributed by atoms with Gasteiger partial charge in [-0.25, -0.2) is 4.21 Å². The number of anilines is 2. The van der Waals surface area contributed by atoms with E-state index < -0.39 is 22.5 Å². The van der Waals surface area contributed by atoms with Crippen molar-refractivity contribution in [2.45, 2.75) is 35.7 Å². The van der Waals surface area contributed by atoms with Crippen molar-refractivity contribution in [1.82, 2.24) is 0 Å². The van der Waals surface area contributed by atoms with Crippen molar-refractivity contribution < 1.29 is 17.4 Å². The minimum Gasteiger partial charge on any atom is -0.353 e. The van der Waals surface area contributed by atoms with Gasteiger partial charge in [-0.2, -0.15) is 13.2 Å². The molecule has 2 aromatic carbocycles. The van der Waals surface area contributed by atoms with Gasteiger partial charge in [-0.05, 0) is 36.2 Å². The molecule has 1 aliphatic heterocycles. The lowest BCUT2D eigenvalue weighted by Crippen LogP contribution is -2.16. The van der Waals surface area contributed by atoms with Crippen LogP contribution in [0.4, 0.5) is 24.5 Å². The Morgan fingerprint density at radius 3 is 2.50 bits per heavy atom. The van der Waals surface area contributed by atoms with E-state index in [4.69, 9.17) is 0 Å². The van der Waals surface area contributed by atoms with Gasteiger partial charge in [-0.1, -0.05) is 25.5 Å². The minimum absolute atomic E-state index is 0.190. The van der Waals surface area contributed by atoms with Gasteiger partial charge in [0.05, 0.1) is 37.5 Å². The number of hydrogen-bond acceptors (Lipinski definition) is 2. The minimum atomic E-state index is -4.42. The van der Waals surface area contributed by atoms with E-state index >= 15 is 0 Å². The van der Waals surface area contributed by atoms with Gasteiger partial charge >= 0.3 is 6.18 Å². The fourth-order valence-electron chi connectivity index (χ4n) is 2.68. The van der Waals surface area contributed by atoms with Gasteiger partial charge in [-0.3, -0.25) is 0 Å². The first-order valence-electron chi connectivity index (χ1n) is 6.94. The monoisotopic (exact) mass is 325 g/mol. The first-order valence-corrected chi connectivity index (χ1v) is 8.09. The third kappa shape index (κ3) is 2.41. The van der Waals surface area contributed by atoms with Crippen LogP contribution in [-0.2, 0) is 23.4 Å². The van der Waals surface area contributed by atoms with Crippen LogP contribution in [0.25, 0.3) is 0 Å². The Morgan fingerprint density at radius 1 is 1.09 bits per heavy atom. The van der Waals surface area contributed by atoms with Crippen molar-refractivity contribution in [1.29, 1.82) is 0 Å². The van der Waals surface area contributed by atoms with Gasteiger partial charge in [0.1, 0.15) is 0 Å². The summed E-state index contributed by atoms with van der Waals surface area (Å²) >= 11 is 0. The Morgan fingerprint density at radius 2 is 1.82 bits per heavy atom. The highest BCUT2D eigenvalue weighted by atomic mass is 32.2. The molecule has 1 N–H and O–H groups in total. The zero-order valence-corrected chi connectivity index (χ0v) is 12.6. The predicted octanol–water partition coefficient (Wildman–Crippen LogP) is 4.88. The summed E-state index contributed by atoms with van der Waals surface area (Å²) in [6, 6.07) is 9.33. The van der Waals surface area contributed by atoms with Gasteiger partial charge in [0.2, 0.25) is 0 Å². The lowest BCUT2D eigenvalue weighted by molar-refractivity contribution is -0.138. The highest BCUT2D eigenvalue weighted by Gasteiger charge is 2.36. The molecule has 2 nitrogen and oxygen atoms in total. The second-order valence-electron chi connectivity index (χ2n) is 5.10. The van der Waals surface area contributed by atoms with E-state index in [2.05, 4.69) is 5.32 Å². The summed E-state index contributed by atoms with van der Waals surface area (Å²) in [4.78, 5) is 1.01. The number of rotatable bonds is 2. The topological polar surface area (TPSA) is 29.1 Å². The predicted molar refractivity (Wildman–Crippen MR) is 79.8 cm³/mol. The fourth-order valence-corrected chi connectivity index (χ4v) is 3.99. The van der Waals surface area contributed by atoms with Crippen LogP contribution in [-0.4, -0.2) is 4.21 Å². The molecule has 22 heavy (non-hydrogen) atoms. The first kappa shape index (κ1) is 15.1. The molecule has 0 aromatic heterocycles. The van der Waals surface area contributed by atoms with Crippen molar-refractivity contribution in [3.05, 3.63) is 47.5 Å². The molecule has 0 aliphatic carbocycles. The highest BCUT2D eigenvalue weighted by molar-refractivity contribution is 7.85. The molecular formula is C16H14F3NOS. The molecule has 0 bridgehead atoms. The van der Waals surface area contributed by atoms with Crippen LogP contribution in [0.1, 0.15) is 24.5 Å². The van der Waals surface area contributed by atoms with Crippen LogP contribution in [0, 0.1) is 0 Å². The molecular weight excluding hydrogens is 311 g/mol. The van der Waals surface area contributed by atoms with E-state index in [1.165, 1.54) is 6.07 Å². The Bertz CT molecular complexity index is 756. The molecule has 1 unspecified atom stereocenters. The average Bonchev–Trinajstić information content (AvgIpc) is 2.47. The van der Waals surface area contributed by atoms with Crippen LogP contribution in [0.2, 0.25) is 0 Å². The molecule has 116 valence electrons. The summed E-state index contributed by atoms with van der Waals surface area (Å²) in [6.07, 6.45) is -3.56. The Hall–Kier alpha value is -1.82. The number of hydrogen-bond donors (Lipinski definition) is 1. The zero-order chi connectivity index (χ0) is 15.9. The number of benzene rings is 2. The van der Waals surface area contributed by atoms with Crippen LogP contribution in [0.3, 0.4) is 0 Å². The van der Waals surface area contributed by atoms with Crippen molar-refractivity contribution in [3.8, 4) is 0 Å². The van der Waals surface area contributed by atoms with Gasteiger partial charge in [-0.15, -0.1) is 0 Å². The van der Waals surface area contributed by atoms with Gasteiger partial charge in [0.25, 0.3) is 0 Å².